The number of halogens is 1. The van der Waals surface area contributed by atoms with Crippen LogP contribution in [0, 0.1) is 11.3 Å². The standard InChI is InChI=1S/C13H22ClN5/c1-13(2,3)9-6-7-19(8-9)12-16-10(14)15-11(17-12)18(4)5/h9H,6-8H2,1-5H3. The zero-order valence-electron chi connectivity index (χ0n) is 12.3. The predicted octanol–water partition coefficient (Wildman–Crippen LogP) is 2.46. The molecule has 1 aromatic heterocycles. The van der Waals surface area contributed by atoms with Crippen LogP contribution < -0.4 is 9.80 Å². The fourth-order valence-electron chi connectivity index (χ4n) is 2.32. The van der Waals surface area contributed by atoms with Crippen LogP contribution in [-0.4, -0.2) is 42.1 Å². The van der Waals surface area contributed by atoms with Gasteiger partial charge in [-0.3, -0.25) is 0 Å². The van der Waals surface area contributed by atoms with Crippen LogP contribution in [0.5, 0.6) is 0 Å². The minimum Gasteiger partial charge on any atom is -0.347 e. The molecule has 0 saturated carbocycles. The van der Waals surface area contributed by atoms with Gasteiger partial charge in [0.25, 0.3) is 0 Å². The highest BCUT2D eigenvalue weighted by molar-refractivity contribution is 6.28. The fourth-order valence-corrected chi connectivity index (χ4v) is 2.47. The predicted molar refractivity (Wildman–Crippen MR) is 78.9 cm³/mol. The van der Waals surface area contributed by atoms with Gasteiger partial charge in [-0.25, -0.2) is 0 Å². The quantitative estimate of drug-likeness (QED) is 0.834. The summed E-state index contributed by atoms with van der Waals surface area (Å²) in [5.41, 5.74) is 0.315. The lowest BCUT2D eigenvalue weighted by Crippen LogP contribution is -2.27. The molecule has 1 aliphatic rings. The van der Waals surface area contributed by atoms with Crippen molar-refractivity contribution in [3.63, 3.8) is 0 Å². The van der Waals surface area contributed by atoms with Crippen molar-refractivity contribution in [1.29, 1.82) is 0 Å². The van der Waals surface area contributed by atoms with E-state index in [9.17, 15) is 0 Å². The van der Waals surface area contributed by atoms with Gasteiger partial charge in [-0.15, -0.1) is 0 Å². The molecule has 0 aliphatic carbocycles. The smallest absolute Gasteiger partial charge is 0.231 e. The van der Waals surface area contributed by atoms with Gasteiger partial charge in [0.2, 0.25) is 17.2 Å². The van der Waals surface area contributed by atoms with Gasteiger partial charge in [0.05, 0.1) is 0 Å². The van der Waals surface area contributed by atoms with Crippen LogP contribution in [0.2, 0.25) is 5.28 Å². The van der Waals surface area contributed by atoms with E-state index in [-0.39, 0.29) is 5.28 Å². The van der Waals surface area contributed by atoms with Crippen LogP contribution in [-0.2, 0) is 0 Å². The molecule has 0 aromatic carbocycles. The summed E-state index contributed by atoms with van der Waals surface area (Å²) >= 11 is 5.98. The Morgan fingerprint density at radius 3 is 2.42 bits per heavy atom. The molecule has 0 amide bonds. The first-order valence-corrected chi connectivity index (χ1v) is 6.99. The summed E-state index contributed by atoms with van der Waals surface area (Å²) in [7, 11) is 3.80. The summed E-state index contributed by atoms with van der Waals surface area (Å²) < 4.78 is 0. The van der Waals surface area contributed by atoms with Gasteiger partial charge in [0, 0.05) is 27.2 Å². The zero-order valence-corrected chi connectivity index (χ0v) is 13.1. The van der Waals surface area contributed by atoms with Crippen molar-refractivity contribution in [3.8, 4) is 0 Å². The van der Waals surface area contributed by atoms with E-state index in [1.54, 1.807) is 0 Å². The monoisotopic (exact) mass is 283 g/mol. The zero-order chi connectivity index (χ0) is 14.2. The summed E-state index contributed by atoms with van der Waals surface area (Å²) in [6, 6.07) is 0. The number of anilines is 2. The van der Waals surface area contributed by atoms with Crippen molar-refractivity contribution in [2.45, 2.75) is 27.2 Å². The molecule has 19 heavy (non-hydrogen) atoms. The van der Waals surface area contributed by atoms with E-state index in [0.717, 1.165) is 13.1 Å². The summed E-state index contributed by atoms with van der Waals surface area (Å²) in [6.45, 7) is 8.82. The van der Waals surface area contributed by atoms with Crippen molar-refractivity contribution in [2.75, 3.05) is 37.0 Å². The molecular weight excluding hydrogens is 262 g/mol. The summed E-state index contributed by atoms with van der Waals surface area (Å²) in [5.74, 6) is 1.95. The lowest BCUT2D eigenvalue weighted by Gasteiger charge is -2.27. The number of hydrogen-bond donors (Lipinski definition) is 0. The molecule has 6 heteroatoms. The van der Waals surface area contributed by atoms with Crippen molar-refractivity contribution >= 4 is 23.5 Å². The molecule has 0 bridgehead atoms. The third kappa shape index (κ3) is 3.26. The summed E-state index contributed by atoms with van der Waals surface area (Å²) in [5, 5.41) is 0.257. The molecule has 1 atom stereocenters. The molecular formula is C13H22ClN5. The number of hydrogen-bond acceptors (Lipinski definition) is 5. The molecule has 0 spiro atoms. The van der Waals surface area contributed by atoms with E-state index in [0.29, 0.717) is 23.2 Å². The second-order valence-electron chi connectivity index (χ2n) is 6.40. The lowest BCUT2D eigenvalue weighted by molar-refractivity contribution is 0.263. The first-order chi connectivity index (χ1) is 8.77. The maximum atomic E-state index is 5.98. The molecule has 0 radical (unpaired) electrons. The van der Waals surface area contributed by atoms with Gasteiger partial charge < -0.3 is 9.80 Å². The highest BCUT2D eigenvalue weighted by Crippen LogP contribution is 2.35. The average molecular weight is 284 g/mol. The van der Waals surface area contributed by atoms with Crippen molar-refractivity contribution in [1.82, 2.24) is 15.0 Å². The minimum absolute atomic E-state index is 0.257. The van der Waals surface area contributed by atoms with Crippen LogP contribution in [0.4, 0.5) is 11.9 Å². The Labute approximate surface area is 120 Å². The van der Waals surface area contributed by atoms with Crippen molar-refractivity contribution < 1.29 is 0 Å². The molecule has 1 fully saturated rings. The second kappa shape index (κ2) is 5.12. The number of nitrogens with zero attached hydrogens (tertiary/aromatic N) is 5. The Morgan fingerprint density at radius 2 is 1.89 bits per heavy atom. The average Bonchev–Trinajstić information content (AvgIpc) is 2.76. The highest BCUT2D eigenvalue weighted by atomic mass is 35.5. The highest BCUT2D eigenvalue weighted by Gasteiger charge is 2.33. The molecule has 1 saturated heterocycles. The molecule has 5 nitrogen and oxygen atoms in total. The third-order valence-corrected chi connectivity index (χ3v) is 3.85. The van der Waals surface area contributed by atoms with E-state index in [1.165, 1.54) is 6.42 Å². The van der Waals surface area contributed by atoms with E-state index in [1.807, 2.05) is 19.0 Å². The molecule has 2 rings (SSSR count). The van der Waals surface area contributed by atoms with Gasteiger partial charge in [-0.2, -0.15) is 15.0 Å². The van der Waals surface area contributed by atoms with Crippen LogP contribution in [0.25, 0.3) is 0 Å². The van der Waals surface area contributed by atoms with Gasteiger partial charge in [0.15, 0.2) is 0 Å². The van der Waals surface area contributed by atoms with Crippen LogP contribution in [0.1, 0.15) is 27.2 Å². The van der Waals surface area contributed by atoms with Crippen molar-refractivity contribution in [3.05, 3.63) is 5.28 Å². The van der Waals surface area contributed by atoms with Crippen LogP contribution >= 0.6 is 11.6 Å². The number of aromatic nitrogens is 3. The Balaban J connectivity index is 2.20. The second-order valence-corrected chi connectivity index (χ2v) is 6.73. The lowest BCUT2D eigenvalue weighted by atomic mass is 9.80. The first-order valence-electron chi connectivity index (χ1n) is 6.61. The Kier molecular flexibility index (Phi) is 3.85. The van der Waals surface area contributed by atoms with Crippen molar-refractivity contribution in [2.24, 2.45) is 11.3 Å². The molecule has 1 aromatic rings. The minimum atomic E-state index is 0.257. The van der Waals surface area contributed by atoms with E-state index in [2.05, 4.69) is 40.6 Å². The molecule has 1 unspecified atom stereocenters. The third-order valence-electron chi connectivity index (χ3n) is 3.68. The van der Waals surface area contributed by atoms with Gasteiger partial charge in [0.1, 0.15) is 0 Å². The molecule has 106 valence electrons. The van der Waals surface area contributed by atoms with Gasteiger partial charge >= 0.3 is 0 Å². The summed E-state index contributed by atoms with van der Waals surface area (Å²) in [4.78, 5) is 16.9. The fraction of sp³-hybridized carbons (Fsp3) is 0.769. The Bertz CT molecular complexity index is 455. The van der Waals surface area contributed by atoms with E-state index < -0.39 is 0 Å². The molecule has 2 heterocycles. The first kappa shape index (κ1) is 14.3. The summed E-state index contributed by atoms with van der Waals surface area (Å²) in [6.07, 6.45) is 1.17. The topological polar surface area (TPSA) is 45.2 Å². The Hall–Kier alpha value is -1.10. The van der Waals surface area contributed by atoms with E-state index in [4.69, 9.17) is 11.6 Å². The Morgan fingerprint density at radius 1 is 1.21 bits per heavy atom. The molecule has 0 N–H and O–H groups in total. The SMILES string of the molecule is CN(C)c1nc(Cl)nc(N2CCC(C(C)(C)C)C2)n1. The van der Waals surface area contributed by atoms with Crippen LogP contribution in [0.3, 0.4) is 0 Å². The molecule has 1 aliphatic heterocycles. The van der Waals surface area contributed by atoms with Gasteiger partial charge in [-0.05, 0) is 29.4 Å². The van der Waals surface area contributed by atoms with Gasteiger partial charge in [-0.1, -0.05) is 20.8 Å². The number of rotatable bonds is 2. The van der Waals surface area contributed by atoms with E-state index >= 15 is 0 Å². The maximum Gasteiger partial charge on any atom is 0.231 e. The maximum absolute atomic E-state index is 5.98. The van der Waals surface area contributed by atoms with Crippen LogP contribution in [0.15, 0.2) is 0 Å². The largest absolute Gasteiger partial charge is 0.347 e. The normalized spacial score (nSPS) is 19.9.